The van der Waals surface area contributed by atoms with Crippen molar-refractivity contribution in [3.05, 3.63) is 29.0 Å². The molecule has 3 heterocycles. The van der Waals surface area contributed by atoms with Gasteiger partial charge in [-0.2, -0.15) is 4.98 Å². The molecule has 0 aliphatic heterocycles. The van der Waals surface area contributed by atoms with Gasteiger partial charge >= 0.3 is 0 Å². The molecule has 0 unspecified atom stereocenters. The highest BCUT2D eigenvalue weighted by Gasteiger charge is 2.09. The normalized spacial score (nSPS) is 10.9. The maximum absolute atomic E-state index is 9.70. The Labute approximate surface area is 93.7 Å². The largest absolute Gasteiger partial charge is 0.492 e. The van der Waals surface area contributed by atoms with Crippen LogP contribution in [-0.2, 0) is 0 Å². The number of fused-ring (bicyclic) bond motifs is 1. The molecule has 0 aliphatic carbocycles. The predicted octanol–water partition coefficient (Wildman–Crippen LogP) is 3.13. The summed E-state index contributed by atoms with van der Waals surface area (Å²) in [4.78, 5) is 9.44. The SMILES string of the molecule is Oc1nc(-c2cccs2)nc2ccsc12. The van der Waals surface area contributed by atoms with Crippen LogP contribution in [0, 0.1) is 0 Å². The maximum Gasteiger partial charge on any atom is 0.232 e. The summed E-state index contributed by atoms with van der Waals surface area (Å²) in [5.74, 6) is 0.659. The Morgan fingerprint density at radius 2 is 2.00 bits per heavy atom. The van der Waals surface area contributed by atoms with E-state index in [-0.39, 0.29) is 5.88 Å². The molecule has 1 N–H and O–H groups in total. The van der Waals surface area contributed by atoms with Gasteiger partial charge in [0.1, 0.15) is 4.70 Å². The van der Waals surface area contributed by atoms with Gasteiger partial charge in [0.05, 0.1) is 10.4 Å². The van der Waals surface area contributed by atoms with E-state index in [4.69, 9.17) is 0 Å². The Kier molecular flexibility index (Phi) is 1.93. The van der Waals surface area contributed by atoms with Crippen LogP contribution in [0.2, 0.25) is 0 Å². The number of rotatable bonds is 1. The number of aromatic nitrogens is 2. The number of hydrogen-bond donors (Lipinski definition) is 1. The van der Waals surface area contributed by atoms with Crippen LogP contribution >= 0.6 is 22.7 Å². The topological polar surface area (TPSA) is 46.0 Å². The van der Waals surface area contributed by atoms with Crippen LogP contribution in [0.1, 0.15) is 0 Å². The average molecular weight is 234 g/mol. The van der Waals surface area contributed by atoms with Crippen LogP contribution in [-0.4, -0.2) is 15.1 Å². The summed E-state index contributed by atoms with van der Waals surface area (Å²) < 4.78 is 0.746. The maximum atomic E-state index is 9.70. The second-order valence-electron chi connectivity index (χ2n) is 2.98. The molecule has 0 amide bonds. The van der Waals surface area contributed by atoms with Crippen molar-refractivity contribution in [2.45, 2.75) is 0 Å². The first-order valence-corrected chi connectivity index (χ1v) is 6.08. The van der Waals surface area contributed by atoms with Gasteiger partial charge in [0.2, 0.25) is 5.88 Å². The van der Waals surface area contributed by atoms with Crippen molar-refractivity contribution in [1.82, 2.24) is 9.97 Å². The zero-order valence-corrected chi connectivity index (χ0v) is 9.18. The predicted molar refractivity (Wildman–Crippen MR) is 62.4 cm³/mol. The van der Waals surface area contributed by atoms with Crippen LogP contribution in [0.25, 0.3) is 20.9 Å². The Morgan fingerprint density at radius 1 is 1.07 bits per heavy atom. The molecule has 3 rings (SSSR count). The van der Waals surface area contributed by atoms with Gasteiger partial charge in [0, 0.05) is 0 Å². The van der Waals surface area contributed by atoms with Crippen molar-refractivity contribution in [1.29, 1.82) is 0 Å². The van der Waals surface area contributed by atoms with Gasteiger partial charge in [0.15, 0.2) is 5.82 Å². The van der Waals surface area contributed by atoms with E-state index in [1.165, 1.54) is 11.3 Å². The van der Waals surface area contributed by atoms with Crippen LogP contribution in [0.5, 0.6) is 5.88 Å². The second-order valence-corrected chi connectivity index (χ2v) is 4.85. The molecular weight excluding hydrogens is 228 g/mol. The van der Waals surface area contributed by atoms with Gasteiger partial charge in [-0.15, -0.1) is 22.7 Å². The monoisotopic (exact) mass is 234 g/mol. The average Bonchev–Trinajstić information content (AvgIpc) is 2.88. The number of hydrogen-bond acceptors (Lipinski definition) is 5. The first-order chi connectivity index (χ1) is 7.34. The van der Waals surface area contributed by atoms with Gasteiger partial charge < -0.3 is 5.11 Å². The highest BCUT2D eigenvalue weighted by Crippen LogP contribution is 2.30. The molecular formula is C10H6N2OS2. The molecule has 0 saturated heterocycles. The van der Waals surface area contributed by atoms with E-state index >= 15 is 0 Å². The smallest absolute Gasteiger partial charge is 0.232 e. The fourth-order valence-corrected chi connectivity index (χ4v) is 2.74. The van der Waals surface area contributed by atoms with E-state index in [0.717, 1.165) is 15.1 Å². The van der Waals surface area contributed by atoms with Crippen molar-refractivity contribution < 1.29 is 5.11 Å². The lowest BCUT2D eigenvalue weighted by Crippen LogP contribution is -1.86. The minimum Gasteiger partial charge on any atom is -0.492 e. The van der Waals surface area contributed by atoms with Crippen LogP contribution < -0.4 is 0 Å². The first kappa shape index (κ1) is 8.82. The van der Waals surface area contributed by atoms with Gasteiger partial charge in [0.25, 0.3) is 0 Å². The van der Waals surface area contributed by atoms with E-state index in [2.05, 4.69) is 9.97 Å². The Morgan fingerprint density at radius 3 is 2.80 bits per heavy atom. The van der Waals surface area contributed by atoms with Gasteiger partial charge in [-0.1, -0.05) is 6.07 Å². The summed E-state index contributed by atoms with van der Waals surface area (Å²) in [7, 11) is 0. The van der Waals surface area contributed by atoms with Gasteiger partial charge in [-0.3, -0.25) is 0 Å². The van der Waals surface area contributed by atoms with Crippen LogP contribution in [0.15, 0.2) is 29.0 Å². The lowest BCUT2D eigenvalue weighted by atomic mass is 10.4. The second kappa shape index (κ2) is 3.29. The third kappa shape index (κ3) is 1.40. The molecule has 0 fully saturated rings. The summed E-state index contributed by atoms with van der Waals surface area (Å²) in [6.07, 6.45) is 0. The van der Waals surface area contributed by atoms with Crippen LogP contribution in [0.3, 0.4) is 0 Å². The molecule has 0 atom stereocenters. The molecule has 15 heavy (non-hydrogen) atoms. The van der Waals surface area contributed by atoms with Crippen molar-refractivity contribution >= 4 is 32.9 Å². The third-order valence-electron chi connectivity index (χ3n) is 2.03. The molecule has 0 aromatic carbocycles. The van der Waals surface area contributed by atoms with Crippen molar-refractivity contribution in [3.8, 4) is 16.6 Å². The summed E-state index contributed by atoms with van der Waals surface area (Å²) in [5.41, 5.74) is 0.802. The summed E-state index contributed by atoms with van der Waals surface area (Å²) in [5, 5.41) is 13.6. The highest BCUT2D eigenvalue weighted by atomic mass is 32.1. The molecule has 0 bridgehead atoms. The number of thiophene rings is 2. The molecule has 3 aromatic heterocycles. The zero-order valence-electron chi connectivity index (χ0n) is 7.54. The molecule has 5 heteroatoms. The van der Waals surface area contributed by atoms with Crippen molar-refractivity contribution in [3.63, 3.8) is 0 Å². The fourth-order valence-electron chi connectivity index (χ4n) is 1.36. The minimum absolute atomic E-state index is 0.0680. The lowest BCUT2D eigenvalue weighted by Gasteiger charge is -1.98. The molecule has 3 nitrogen and oxygen atoms in total. The van der Waals surface area contributed by atoms with E-state index < -0.39 is 0 Å². The number of aromatic hydroxyl groups is 1. The van der Waals surface area contributed by atoms with E-state index in [1.807, 2.05) is 29.0 Å². The van der Waals surface area contributed by atoms with Gasteiger partial charge in [-0.05, 0) is 22.9 Å². The third-order valence-corrected chi connectivity index (χ3v) is 3.79. The summed E-state index contributed by atoms with van der Waals surface area (Å²) in [6, 6.07) is 5.77. The molecule has 0 spiro atoms. The molecule has 3 aromatic rings. The highest BCUT2D eigenvalue weighted by molar-refractivity contribution is 7.17. The first-order valence-electron chi connectivity index (χ1n) is 4.33. The molecule has 0 saturated carbocycles. The van der Waals surface area contributed by atoms with Gasteiger partial charge in [-0.25, -0.2) is 4.98 Å². The molecule has 0 aliphatic rings. The fraction of sp³-hybridized carbons (Fsp3) is 0. The standard InChI is InChI=1S/C10H6N2OS2/c13-10-8-6(3-5-15-8)11-9(12-10)7-2-1-4-14-7/h1-5H,(H,11,12,13). The Balaban J connectivity index is 2.29. The lowest BCUT2D eigenvalue weighted by molar-refractivity contribution is 0.461. The van der Waals surface area contributed by atoms with E-state index in [9.17, 15) is 5.11 Å². The Bertz CT molecular complexity index is 601. The number of nitrogens with zero attached hydrogens (tertiary/aromatic N) is 2. The summed E-state index contributed by atoms with van der Waals surface area (Å²) >= 11 is 3.01. The van der Waals surface area contributed by atoms with Crippen molar-refractivity contribution in [2.75, 3.05) is 0 Å². The Hall–Kier alpha value is -1.46. The zero-order chi connectivity index (χ0) is 10.3. The van der Waals surface area contributed by atoms with Crippen LogP contribution in [0.4, 0.5) is 0 Å². The summed E-state index contributed by atoms with van der Waals surface area (Å²) in [6.45, 7) is 0. The molecule has 74 valence electrons. The molecule has 0 radical (unpaired) electrons. The van der Waals surface area contributed by atoms with Crippen molar-refractivity contribution in [2.24, 2.45) is 0 Å². The van der Waals surface area contributed by atoms with E-state index in [1.54, 1.807) is 11.3 Å². The minimum atomic E-state index is 0.0680. The quantitative estimate of drug-likeness (QED) is 0.703. The van der Waals surface area contributed by atoms with E-state index in [0.29, 0.717) is 5.82 Å².